The summed E-state index contributed by atoms with van der Waals surface area (Å²) in [5.74, 6) is 0. The normalized spacial score (nSPS) is 10.9. The van der Waals surface area contributed by atoms with Gasteiger partial charge in [-0.3, -0.25) is 9.97 Å². The first-order valence-corrected chi connectivity index (χ1v) is 5.95. The molecular formula is C12H9BrN4. The number of hydrogen-bond acceptors (Lipinski definition) is 3. The molecule has 3 aromatic rings. The Bertz CT molecular complexity index is 690. The maximum absolute atomic E-state index is 4.40. The Balaban J connectivity index is 2.30. The first-order chi connectivity index (χ1) is 8.24. The highest BCUT2D eigenvalue weighted by atomic mass is 79.9. The molecular weight excluding hydrogens is 280 g/mol. The van der Waals surface area contributed by atoms with Crippen molar-refractivity contribution in [3.63, 3.8) is 0 Å². The monoisotopic (exact) mass is 288 g/mol. The van der Waals surface area contributed by atoms with E-state index in [1.54, 1.807) is 12.4 Å². The molecule has 0 saturated heterocycles. The van der Waals surface area contributed by atoms with Crippen molar-refractivity contribution < 1.29 is 0 Å². The number of aromatic nitrogens is 4. The SMILES string of the molecule is Cc1cnn(-c2ccnc3cc(Br)cnc23)c1. The summed E-state index contributed by atoms with van der Waals surface area (Å²) >= 11 is 3.39. The summed E-state index contributed by atoms with van der Waals surface area (Å²) in [5, 5.41) is 4.30. The zero-order valence-corrected chi connectivity index (χ0v) is 10.7. The standard InChI is InChI=1S/C12H9BrN4/c1-8-5-16-17(7-8)11-2-3-14-10-4-9(13)6-15-12(10)11/h2-7H,1H3. The van der Waals surface area contributed by atoms with E-state index < -0.39 is 0 Å². The third-order valence-corrected chi connectivity index (χ3v) is 2.92. The Morgan fingerprint density at radius 1 is 1.24 bits per heavy atom. The summed E-state index contributed by atoms with van der Waals surface area (Å²) in [6, 6.07) is 3.86. The van der Waals surface area contributed by atoms with Gasteiger partial charge in [0.15, 0.2) is 0 Å². The minimum Gasteiger partial charge on any atom is -0.254 e. The Kier molecular flexibility index (Phi) is 2.40. The Morgan fingerprint density at radius 3 is 2.88 bits per heavy atom. The molecule has 17 heavy (non-hydrogen) atoms. The Morgan fingerprint density at radius 2 is 2.12 bits per heavy atom. The number of aryl methyl sites for hydroxylation is 1. The highest BCUT2D eigenvalue weighted by Crippen LogP contribution is 2.20. The molecule has 0 atom stereocenters. The summed E-state index contributed by atoms with van der Waals surface area (Å²) in [6.07, 6.45) is 7.33. The number of hydrogen-bond donors (Lipinski definition) is 0. The zero-order valence-electron chi connectivity index (χ0n) is 9.13. The average Bonchev–Trinajstić information content (AvgIpc) is 2.74. The fourth-order valence-corrected chi connectivity index (χ4v) is 2.04. The lowest BCUT2D eigenvalue weighted by Gasteiger charge is -2.04. The first kappa shape index (κ1) is 10.4. The molecule has 0 fully saturated rings. The minimum absolute atomic E-state index is 0.846. The minimum atomic E-state index is 0.846. The molecule has 5 heteroatoms. The van der Waals surface area contributed by atoms with Crippen LogP contribution in [-0.4, -0.2) is 19.7 Å². The van der Waals surface area contributed by atoms with Gasteiger partial charge < -0.3 is 0 Å². The molecule has 3 rings (SSSR count). The van der Waals surface area contributed by atoms with Crippen molar-refractivity contribution in [2.45, 2.75) is 6.92 Å². The predicted molar refractivity (Wildman–Crippen MR) is 69.1 cm³/mol. The van der Waals surface area contributed by atoms with Crippen LogP contribution in [0.15, 0.2) is 41.4 Å². The van der Waals surface area contributed by atoms with Gasteiger partial charge in [0.05, 0.1) is 17.4 Å². The Labute approximate surface area is 106 Å². The summed E-state index contributed by atoms with van der Waals surface area (Å²) in [6.45, 7) is 2.01. The topological polar surface area (TPSA) is 43.6 Å². The van der Waals surface area contributed by atoms with E-state index in [1.807, 2.05) is 36.1 Å². The maximum Gasteiger partial charge on any atom is 0.114 e. The van der Waals surface area contributed by atoms with E-state index in [-0.39, 0.29) is 0 Å². The molecule has 0 aliphatic rings. The lowest BCUT2D eigenvalue weighted by molar-refractivity contribution is 0.883. The second-order valence-electron chi connectivity index (χ2n) is 3.81. The van der Waals surface area contributed by atoms with Gasteiger partial charge in [0.2, 0.25) is 0 Å². The smallest absolute Gasteiger partial charge is 0.114 e. The molecule has 0 spiro atoms. The van der Waals surface area contributed by atoms with E-state index in [4.69, 9.17) is 0 Å². The highest BCUT2D eigenvalue weighted by molar-refractivity contribution is 9.10. The lowest BCUT2D eigenvalue weighted by Crippen LogP contribution is -1.97. The van der Waals surface area contributed by atoms with Gasteiger partial charge in [0.1, 0.15) is 5.52 Å². The van der Waals surface area contributed by atoms with Gasteiger partial charge in [-0.25, -0.2) is 4.68 Å². The highest BCUT2D eigenvalue weighted by Gasteiger charge is 2.06. The fourth-order valence-electron chi connectivity index (χ4n) is 1.72. The van der Waals surface area contributed by atoms with E-state index in [0.29, 0.717) is 0 Å². The van der Waals surface area contributed by atoms with Crippen LogP contribution in [0, 0.1) is 6.92 Å². The molecule has 0 aliphatic heterocycles. The van der Waals surface area contributed by atoms with Crippen LogP contribution >= 0.6 is 15.9 Å². The summed E-state index contributed by atoms with van der Waals surface area (Å²) in [5.41, 5.74) is 3.76. The van der Waals surface area contributed by atoms with E-state index in [0.717, 1.165) is 26.8 Å². The van der Waals surface area contributed by atoms with E-state index in [9.17, 15) is 0 Å². The van der Waals surface area contributed by atoms with Crippen LogP contribution in [0.5, 0.6) is 0 Å². The van der Waals surface area contributed by atoms with Gasteiger partial charge in [-0.2, -0.15) is 5.10 Å². The second-order valence-corrected chi connectivity index (χ2v) is 4.73. The van der Waals surface area contributed by atoms with E-state index in [1.165, 1.54) is 0 Å². The molecule has 0 N–H and O–H groups in total. The number of pyridine rings is 2. The molecule has 4 nitrogen and oxygen atoms in total. The van der Waals surface area contributed by atoms with Crippen molar-refractivity contribution in [3.8, 4) is 5.69 Å². The number of nitrogens with zero attached hydrogens (tertiary/aromatic N) is 4. The van der Waals surface area contributed by atoms with Crippen LogP contribution in [0.2, 0.25) is 0 Å². The summed E-state index contributed by atoms with van der Waals surface area (Å²) in [4.78, 5) is 8.70. The van der Waals surface area contributed by atoms with Crippen LogP contribution in [0.1, 0.15) is 5.56 Å². The molecule has 0 aliphatic carbocycles. The van der Waals surface area contributed by atoms with Gasteiger partial charge in [-0.1, -0.05) is 0 Å². The third-order valence-electron chi connectivity index (χ3n) is 2.48. The lowest BCUT2D eigenvalue weighted by atomic mass is 10.3. The average molecular weight is 289 g/mol. The van der Waals surface area contributed by atoms with Crippen molar-refractivity contribution >= 4 is 27.0 Å². The predicted octanol–water partition coefficient (Wildman–Crippen LogP) is 2.89. The van der Waals surface area contributed by atoms with Crippen molar-refractivity contribution in [2.24, 2.45) is 0 Å². The van der Waals surface area contributed by atoms with Crippen LogP contribution < -0.4 is 0 Å². The quantitative estimate of drug-likeness (QED) is 0.692. The molecule has 0 saturated carbocycles. The fraction of sp³-hybridized carbons (Fsp3) is 0.0833. The largest absolute Gasteiger partial charge is 0.254 e. The van der Waals surface area contributed by atoms with Gasteiger partial charge >= 0.3 is 0 Å². The first-order valence-electron chi connectivity index (χ1n) is 5.16. The number of rotatable bonds is 1. The zero-order chi connectivity index (χ0) is 11.8. The Hall–Kier alpha value is -1.75. The molecule has 0 unspecified atom stereocenters. The van der Waals surface area contributed by atoms with Crippen LogP contribution in [0.3, 0.4) is 0 Å². The van der Waals surface area contributed by atoms with Gasteiger partial charge in [0.25, 0.3) is 0 Å². The third kappa shape index (κ3) is 1.82. The van der Waals surface area contributed by atoms with E-state index >= 15 is 0 Å². The van der Waals surface area contributed by atoms with Crippen molar-refractivity contribution in [3.05, 3.63) is 47.0 Å². The van der Waals surface area contributed by atoms with Crippen molar-refractivity contribution in [1.29, 1.82) is 0 Å². The van der Waals surface area contributed by atoms with Crippen LogP contribution in [0.25, 0.3) is 16.7 Å². The molecule has 3 heterocycles. The van der Waals surface area contributed by atoms with E-state index in [2.05, 4.69) is 31.0 Å². The summed E-state index contributed by atoms with van der Waals surface area (Å²) < 4.78 is 2.74. The molecule has 84 valence electrons. The summed E-state index contributed by atoms with van der Waals surface area (Å²) in [7, 11) is 0. The maximum atomic E-state index is 4.40. The van der Waals surface area contributed by atoms with Gasteiger partial charge in [0, 0.05) is 23.1 Å². The number of fused-ring (bicyclic) bond motifs is 1. The molecule has 0 bridgehead atoms. The van der Waals surface area contributed by atoms with Gasteiger partial charge in [-0.05, 0) is 40.5 Å². The van der Waals surface area contributed by atoms with Crippen molar-refractivity contribution in [2.75, 3.05) is 0 Å². The molecule has 3 aromatic heterocycles. The van der Waals surface area contributed by atoms with Crippen molar-refractivity contribution in [1.82, 2.24) is 19.7 Å². The molecule has 0 amide bonds. The number of halogens is 1. The van der Waals surface area contributed by atoms with Crippen LogP contribution in [-0.2, 0) is 0 Å². The molecule has 0 radical (unpaired) electrons. The second kappa shape index (κ2) is 3.92. The van der Waals surface area contributed by atoms with Crippen LogP contribution in [0.4, 0.5) is 0 Å². The van der Waals surface area contributed by atoms with Gasteiger partial charge in [-0.15, -0.1) is 0 Å². The molecule has 0 aromatic carbocycles.